The maximum Gasteiger partial charge on any atom is 0.255 e. The summed E-state index contributed by atoms with van der Waals surface area (Å²) in [6.07, 6.45) is 2.44. The molecule has 148 valence electrons. The van der Waals surface area contributed by atoms with Gasteiger partial charge in [-0.15, -0.1) is 0 Å². The topological polar surface area (TPSA) is 101 Å². The highest BCUT2D eigenvalue weighted by atomic mass is 35.5. The van der Waals surface area contributed by atoms with Crippen LogP contribution in [0.5, 0.6) is 0 Å². The van der Waals surface area contributed by atoms with Gasteiger partial charge in [0.25, 0.3) is 5.91 Å². The van der Waals surface area contributed by atoms with Crippen molar-refractivity contribution in [1.82, 2.24) is 15.5 Å². The smallest absolute Gasteiger partial charge is 0.255 e. The number of hydrogen-bond acceptors (Lipinski definition) is 3. The lowest BCUT2D eigenvalue weighted by Gasteiger charge is -2.31. The van der Waals surface area contributed by atoms with Crippen molar-refractivity contribution >= 4 is 23.4 Å². The van der Waals surface area contributed by atoms with Gasteiger partial charge in [0, 0.05) is 10.6 Å². The van der Waals surface area contributed by atoms with Gasteiger partial charge in [0.1, 0.15) is 5.82 Å². The molecule has 0 spiro atoms. The van der Waals surface area contributed by atoms with Crippen molar-refractivity contribution in [3.8, 4) is 11.3 Å². The molecule has 4 rings (SSSR count). The Morgan fingerprint density at radius 1 is 1.28 bits per heavy atom. The third-order valence-corrected chi connectivity index (χ3v) is 5.50. The minimum Gasteiger partial charge on any atom is -0.370 e. The van der Waals surface area contributed by atoms with Crippen LogP contribution in [0.4, 0.5) is 4.39 Å². The third kappa shape index (κ3) is 3.49. The molecule has 2 amide bonds. The zero-order valence-corrected chi connectivity index (χ0v) is 16.1. The SMILES string of the molecule is NC(=O)CC1(NC(=O)c2cn[nH]c2-c2ccccc2F)CCc2ccc(Cl)cc21. The predicted octanol–water partition coefficient (Wildman–Crippen LogP) is 3.32. The van der Waals surface area contributed by atoms with E-state index in [0.29, 0.717) is 17.9 Å². The van der Waals surface area contributed by atoms with E-state index in [9.17, 15) is 14.0 Å². The van der Waals surface area contributed by atoms with E-state index < -0.39 is 23.2 Å². The Balaban J connectivity index is 1.73. The van der Waals surface area contributed by atoms with Gasteiger partial charge in [-0.05, 0) is 48.2 Å². The number of nitrogens with zero attached hydrogens (tertiary/aromatic N) is 1. The molecule has 1 aliphatic carbocycles. The average Bonchev–Trinajstić information content (AvgIpc) is 3.28. The van der Waals surface area contributed by atoms with Crippen LogP contribution in [0.15, 0.2) is 48.7 Å². The quantitative estimate of drug-likeness (QED) is 0.599. The Hall–Kier alpha value is -3.19. The minimum atomic E-state index is -0.979. The van der Waals surface area contributed by atoms with Crippen molar-refractivity contribution in [2.24, 2.45) is 5.73 Å². The van der Waals surface area contributed by atoms with Gasteiger partial charge in [-0.2, -0.15) is 5.10 Å². The second-order valence-electron chi connectivity index (χ2n) is 7.12. The van der Waals surface area contributed by atoms with Gasteiger partial charge in [-0.1, -0.05) is 29.8 Å². The van der Waals surface area contributed by atoms with Crippen molar-refractivity contribution in [2.75, 3.05) is 0 Å². The molecule has 1 unspecified atom stereocenters. The van der Waals surface area contributed by atoms with Crippen molar-refractivity contribution in [3.63, 3.8) is 0 Å². The van der Waals surface area contributed by atoms with Crippen molar-refractivity contribution in [3.05, 3.63) is 76.2 Å². The molecule has 6 nitrogen and oxygen atoms in total. The lowest BCUT2D eigenvalue weighted by molar-refractivity contribution is -0.119. The highest BCUT2D eigenvalue weighted by Crippen LogP contribution is 2.41. The number of primary amides is 1. The molecule has 0 bridgehead atoms. The number of nitrogens with one attached hydrogen (secondary N) is 2. The number of H-pyrrole nitrogens is 1. The minimum absolute atomic E-state index is 0.0705. The first-order chi connectivity index (χ1) is 13.9. The van der Waals surface area contributed by atoms with Crippen molar-refractivity contribution in [1.29, 1.82) is 0 Å². The van der Waals surface area contributed by atoms with E-state index in [2.05, 4.69) is 15.5 Å². The zero-order chi connectivity index (χ0) is 20.6. The second-order valence-corrected chi connectivity index (χ2v) is 7.56. The predicted molar refractivity (Wildman–Crippen MR) is 107 cm³/mol. The Morgan fingerprint density at radius 2 is 2.07 bits per heavy atom. The fraction of sp³-hybridized carbons (Fsp3) is 0.190. The monoisotopic (exact) mass is 412 g/mol. The van der Waals surface area contributed by atoms with Crippen LogP contribution in [0.3, 0.4) is 0 Å². The Bertz CT molecular complexity index is 1110. The van der Waals surface area contributed by atoms with Crippen LogP contribution in [0.25, 0.3) is 11.3 Å². The zero-order valence-electron chi connectivity index (χ0n) is 15.3. The van der Waals surface area contributed by atoms with Crippen molar-refractivity contribution in [2.45, 2.75) is 24.8 Å². The number of fused-ring (bicyclic) bond motifs is 1. The number of carbonyl (C=O) groups excluding carboxylic acids is 2. The fourth-order valence-corrected chi connectivity index (χ4v) is 4.13. The molecular weight excluding hydrogens is 395 g/mol. The summed E-state index contributed by atoms with van der Waals surface area (Å²) in [5.41, 5.74) is 6.96. The van der Waals surface area contributed by atoms with Gasteiger partial charge < -0.3 is 11.1 Å². The molecule has 1 aromatic heterocycles. The molecule has 0 saturated heterocycles. The number of aromatic nitrogens is 2. The number of nitrogens with two attached hydrogens (primary N) is 1. The summed E-state index contributed by atoms with van der Waals surface area (Å²) in [7, 11) is 0. The molecule has 0 saturated carbocycles. The first kappa shape index (κ1) is 19.1. The molecule has 3 aromatic rings. The summed E-state index contributed by atoms with van der Waals surface area (Å²) in [5.74, 6) is -1.50. The van der Waals surface area contributed by atoms with Crippen LogP contribution in [-0.4, -0.2) is 22.0 Å². The highest BCUT2D eigenvalue weighted by molar-refractivity contribution is 6.30. The number of hydrogen-bond donors (Lipinski definition) is 3. The average molecular weight is 413 g/mol. The second kappa shape index (κ2) is 7.33. The molecule has 1 heterocycles. The van der Waals surface area contributed by atoms with Crippen LogP contribution in [0.2, 0.25) is 5.02 Å². The van der Waals surface area contributed by atoms with E-state index >= 15 is 0 Å². The first-order valence-electron chi connectivity index (χ1n) is 9.07. The standard InChI is InChI=1S/C21H18ClFN4O2/c22-13-6-5-12-7-8-21(10-18(24)28,16(12)9-13)26-20(29)15-11-25-27-19(15)14-3-1-2-4-17(14)23/h1-6,9,11H,7-8,10H2,(H2,24,28)(H,25,27)(H,26,29). The number of rotatable bonds is 5. The van der Waals surface area contributed by atoms with Crippen LogP contribution in [-0.2, 0) is 16.8 Å². The largest absolute Gasteiger partial charge is 0.370 e. The van der Waals surface area contributed by atoms with E-state index in [-0.39, 0.29) is 23.2 Å². The highest BCUT2D eigenvalue weighted by Gasteiger charge is 2.42. The Kier molecular flexibility index (Phi) is 4.84. The molecule has 0 fully saturated rings. The first-order valence-corrected chi connectivity index (χ1v) is 9.45. The summed E-state index contributed by atoms with van der Waals surface area (Å²) in [4.78, 5) is 25.0. The van der Waals surface area contributed by atoms with E-state index in [1.807, 2.05) is 6.07 Å². The summed E-state index contributed by atoms with van der Waals surface area (Å²) in [6, 6.07) is 11.5. The Labute approximate surface area is 171 Å². The molecule has 1 aliphatic rings. The lowest BCUT2D eigenvalue weighted by Crippen LogP contribution is -2.47. The van der Waals surface area contributed by atoms with Gasteiger partial charge in [-0.3, -0.25) is 14.7 Å². The third-order valence-electron chi connectivity index (χ3n) is 5.26. The van der Waals surface area contributed by atoms with E-state index in [1.165, 1.54) is 12.3 Å². The maximum atomic E-state index is 14.2. The van der Waals surface area contributed by atoms with Crippen LogP contribution in [0, 0.1) is 5.82 Å². The van der Waals surface area contributed by atoms with Gasteiger partial charge in [0.05, 0.1) is 29.4 Å². The molecular formula is C21H18ClFN4O2. The molecule has 29 heavy (non-hydrogen) atoms. The summed E-state index contributed by atoms with van der Waals surface area (Å²) < 4.78 is 14.2. The maximum absolute atomic E-state index is 14.2. The van der Waals surface area contributed by atoms with Crippen LogP contribution < -0.4 is 11.1 Å². The van der Waals surface area contributed by atoms with Gasteiger partial charge in [-0.25, -0.2) is 4.39 Å². The molecule has 2 aromatic carbocycles. The molecule has 8 heteroatoms. The van der Waals surface area contributed by atoms with E-state index in [1.54, 1.807) is 30.3 Å². The number of amides is 2. The molecule has 0 radical (unpaired) electrons. The number of halogens is 2. The van der Waals surface area contributed by atoms with Gasteiger partial charge in [0.15, 0.2) is 0 Å². The number of carbonyl (C=O) groups is 2. The summed E-state index contributed by atoms with van der Waals surface area (Å²) in [5, 5.41) is 10.1. The van der Waals surface area contributed by atoms with Gasteiger partial charge >= 0.3 is 0 Å². The van der Waals surface area contributed by atoms with Gasteiger partial charge in [0.2, 0.25) is 5.91 Å². The Morgan fingerprint density at radius 3 is 2.83 bits per heavy atom. The van der Waals surface area contributed by atoms with Crippen LogP contribution >= 0.6 is 11.6 Å². The molecule has 0 aliphatic heterocycles. The summed E-state index contributed by atoms with van der Waals surface area (Å²) >= 11 is 6.16. The number of benzene rings is 2. The fourth-order valence-electron chi connectivity index (χ4n) is 3.96. The van der Waals surface area contributed by atoms with E-state index in [4.69, 9.17) is 17.3 Å². The van der Waals surface area contributed by atoms with E-state index in [0.717, 1.165) is 11.1 Å². The number of aryl methyl sites for hydroxylation is 1. The molecule has 4 N–H and O–H groups in total. The lowest BCUT2D eigenvalue weighted by atomic mass is 9.87. The normalized spacial score (nSPS) is 17.7. The summed E-state index contributed by atoms with van der Waals surface area (Å²) in [6.45, 7) is 0. The van der Waals surface area contributed by atoms with Crippen LogP contribution in [0.1, 0.15) is 34.3 Å². The number of aromatic amines is 1. The molecule has 1 atom stereocenters. The van der Waals surface area contributed by atoms with Crippen molar-refractivity contribution < 1.29 is 14.0 Å².